The normalized spacial score (nSPS) is 20.4. The second kappa shape index (κ2) is 6.41. The van der Waals surface area contributed by atoms with Gasteiger partial charge in [-0.05, 0) is 30.2 Å². The predicted octanol–water partition coefficient (Wildman–Crippen LogP) is 2.07. The fraction of sp³-hybridized carbons (Fsp3) is 0.500. The van der Waals surface area contributed by atoms with E-state index in [1.165, 1.54) is 12.1 Å². The Bertz CT molecular complexity index is 467. The summed E-state index contributed by atoms with van der Waals surface area (Å²) < 4.78 is 18.9. The van der Waals surface area contributed by atoms with Gasteiger partial charge in [0.05, 0.1) is 13.2 Å². The maximum absolute atomic E-state index is 13.4. The Hall–Kier alpha value is -1.04. The molecule has 1 unspecified atom stereocenters. The van der Waals surface area contributed by atoms with Gasteiger partial charge in [-0.15, -0.1) is 0 Å². The first-order valence-electron chi connectivity index (χ1n) is 6.51. The molecule has 5 heteroatoms. The van der Waals surface area contributed by atoms with Crippen LogP contribution in [0.3, 0.4) is 0 Å². The molecule has 1 aliphatic heterocycles. The molecule has 1 fully saturated rings. The van der Waals surface area contributed by atoms with Gasteiger partial charge in [0, 0.05) is 24.7 Å². The Morgan fingerprint density at radius 3 is 3.05 bits per heavy atom. The van der Waals surface area contributed by atoms with E-state index in [1.54, 1.807) is 6.07 Å². The Balaban J connectivity index is 2.21. The molecule has 1 aliphatic rings. The third kappa shape index (κ3) is 3.49. The van der Waals surface area contributed by atoms with E-state index in [2.05, 4.69) is 11.8 Å². The molecule has 0 radical (unpaired) electrons. The maximum atomic E-state index is 13.4. The van der Waals surface area contributed by atoms with E-state index in [1.807, 2.05) is 0 Å². The van der Waals surface area contributed by atoms with E-state index in [0.29, 0.717) is 24.2 Å². The van der Waals surface area contributed by atoms with Crippen LogP contribution in [0.2, 0.25) is 0 Å². The molecule has 1 atom stereocenters. The molecule has 2 N–H and O–H groups in total. The van der Waals surface area contributed by atoms with Crippen LogP contribution in [0.4, 0.5) is 4.39 Å². The van der Waals surface area contributed by atoms with Crippen molar-refractivity contribution in [1.82, 2.24) is 4.90 Å². The number of hydrogen-bond donors (Lipinski definition) is 1. The highest BCUT2D eigenvalue weighted by atomic mass is 32.1. The van der Waals surface area contributed by atoms with Crippen LogP contribution in [0, 0.1) is 5.82 Å². The molecule has 1 aromatic carbocycles. The van der Waals surface area contributed by atoms with Gasteiger partial charge in [0.25, 0.3) is 0 Å². The van der Waals surface area contributed by atoms with Crippen LogP contribution in [0.25, 0.3) is 0 Å². The molecule has 1 aromatic rings. The first kappa shape index (κ1) is 14.4. The van der Waals surface area contributed by atoms with Crippen LogP contribution < -0.4 is 5.73 Å². The van der Waals surface area contributed by atoms with E-state index < -0.39 is 0 Å². The standard InChI is InChI=1S/C14H19FN2OS/c1-2-12-9-18-6-5-17(12)8-10-7-11(15)3-4-13(10)14(16)19/h3-4,7,12H,2,5-6,8-9H2,1H3,(H2,16,19). The summed E-state index contributed by atoms with van der Waals surface area (Å²) in [7, 11) is 0. The Morgan fingerprint density at radius 2 is 2.37 bits per heavy atom. The number of nitrogens with two attached hydrogens (primary N) is 1. The molecular formula is C14H19FN2OS. The topological polar surface area (TPSA) is 38.5 Å². The fourth-order valence-electron chi connectivity index (χ4n) is 2.43. The fourth-order valence-corrected chi connectivity index (χ4v) is 2.62. The second-order valence-electron chi connectivity index (χ2n) is 4.77. The van der Waals surface area contributed by atoms with Gasteiger partial charge in [-0.2, -0.15) is 0 Å². The molecule has 0 saturated carbocycles. The van der Waals surface area contributed by atoms with Crippen molar-refractivity contribution in [3.05, 3.63) is 35.1 Å². The highest BCUT2D eigenvalue weighted by Crippen LogP contribution is 2.18. The Morgan fingerprint density at radius 1 is 1.58 bits per heavy atom. The van der Waals surface area contributed by atoms with Crippen LogP contribution in [0.1, 0.15) is 24.5 Å². The van der Waals surface area contributed by atoms with E-state index in [-0.39, 0.29) is 5.82 Å². The van der Waals surface area contributed by atoms with Gasteiger partial charge >= 0.3 is 0 Å². The predicted molar refractivity (Wildman–Crippen MR) is 77.6 cm³/mol. The summed E-state index contributed by atoms with van der Waals surface area (Å²) in [6.45, 7) is 5.09. The Kier molecular flexibility index (Phi) is 4.85. The van der Waals surface area contributed by atoms with Crippen molar-refractivity contribution < 1.29 is 9.13 Å². The third-order valence-corrected chi connectivity index (χ3v) is 3.75. The number of thiocarbonyl (C=S) groups is 1. The summed E-state index contributed by atoms with van der Waals surface area (Å²) >= 11 is 5.03. The van der Waals surface area contributed by atoms with Crippen LogP contribution >= 0.6 is 12.2 Å². The molecule has 0 aromatic heterocycles. The van der Waals surface area contributed by atoms with E-state index >= 15 is 0 Å². The van der Waals surface area contributed by atoms with Crippen molar-refractivity contribution in [3.8, 4) is 0 Å². The zero-order valence-electron chi connectivity index (χ0n) is 11.1. The van der Waals surface area contributed by atoms with Crippen molar-refractivity contribution in [1.29, 1.82) is 0 Å². The molecular weight excluding hydrogens is 263 g/mol. The molecule has 1 saturated heterocycles. The number of morpholine rings is 1. The van der Waals surface area contributed by atoms with Gasteiger partial charge in [0.15, 0.2) is 0 Å². The highest BCUT2D eigenvalue weighted by molar-refractivity contribution is 7.80. The molecule has 0 aliphatic carbocycles. The van der Waals surface area contributed by atoms with Gasteiger partial charge in [-0.25, -0.2) is 4.39 Å². The number of halogens is 1. The smallest absolute Gasteiger partial charge is 0.123 e. The van der Waals surface area contributed by atoms with Gasteiger partial charge in [0.2, 0.25) is 0 Å². The first-order valence-corrected chi connectivity index (χ1v) is 6.92. The average molecular weight is 282 g/mol. The van der Waals surface area contributed by atoms with Crippen LogP contribution in [0.5, 0.6) is 0 Å². The lowest BCUT2D eigenvalue weighted by Gasteiger charge is -2.35. The zero-order valence-corrected chi connectivity index (χ0v) is 11.9. The number of benzene rings is 1. The lowest BCUT2D eigenvalue weighted by molar-refractivity contribution is -0.0127. The second-order valence-corrected chi connectivity index (χ2v) is 5.21. The largest absolute Gasteiger partial charge is 0.389 e. The minimum atomic E-state index is -0.253. The quantitative estimate of drug-likeness (QED) is 0.858. The molecule has 0 spiro atoms. The van der Waals surface area contributed by atoms with E-state index in [9.17, 15) is 4.39 Å². The molecule has 19 heavy (non-hydrogen) atoms. The summed E-state index contributed by atoms with van der Waals surface area (Å²) in [6, 6.07) is 4.95. The SMILES string of the molecule is CCC1COCCN1Cc1cc(F)ccc1C(N)=S. The van der Waals surface area contributed by atoms with Crippen molar-refractivity contribution in [2.45, 2.75) is 25.9 Å². The summed E-state index contributed by atoms with van der Waals surface area (Å²) in [6.07, 6.45) is 1.01. The van der Waals surface area contributed by atoms with Crippen LogP contribution in [-0.2, 0) is 11.3 Å². The molecule has 104 valence electrons. The van der Waals surface area contributed by atoms with Gasteiger partial charge in [-0.1, -0.05) is 19.1 Å². The zero-order chi connectivity index (χ0) is 13.8. The molecule has 3 nitrogen and oxygen atoms in total. The van der Waals surface area contributed by atoms with E-state index in [0.717, 1.165) is 30.7 Å². The molecule has 0 amide bonds. The minimum Gasteiger partial charge on any atom is -0.389 e. The number of nitrogens with zero attached hydrogens (tertiary/aromatic N) is 1. The van der Waals surface area contributed by atoms with E-state index in [4.69, 9.17) is 22.7 Å². The van der Waals surface area contributed by atoms with Gasteiger partial charge in [0.1, 0.15) is 10.8 Å². The number of rotatable bonds is 4. The first-order chi connectivity index (χ1) is 9.11. The van der Waals surface area contributed by atoms with Gasteiger partial charge in [-0.3, -0.25) is 4.90 Å². The number of ether oxygens (including phenoxy) is 1. The third-order valence-electron chi connectivity index (χ3n) is 3.53. The molecule has 2 rings (SSSR count). The van der Waals surface area contributed by atoms with Gasteiger partial charge < -0.3 is 10.5 Å². The van der Waals surface area contributed by atoms with Crippen molar-refractivity contribution in [2.75, 3.05) is 19.8 Å². The number of hydrogen-bond acceptors (Lipinski definition) is 3. The minimum absolute atomic E-state index is 0.253. The van der Waals surface area contributed by atoms with Crippen molar-refractivity contribution in [2.24, 2.45) is 5.73 Å². The summed E-state index contributed by atoms with van der Waals surface area (Å²) in [5, 5.41) is 0. The molecule has 0 bridgehead atoms. The maximum Gasteiger partial charge on any atom is 0.123 e. The monoisotopic (exact) mass is 282 g/mol. The van der Waals surface area contributed by atoms with Crippen LogP contribution in [0.15, 0.2) is 18.2 Å². The summed E-state index contributed by atoms with van der Waals surface area (Å²) in [5.74, 6) is -0.253. The summed E-state index contributed by atoms with van der Waals surface area (Å²) in [4.78, 5) is 2.62. The highest BCUT2D eigenvalue weighted by Gasteiger charge is 2.22. The van der Waals surface area contributed by atoms with Crippen molar-refractivity contribution in [3.63, 3.8) is 0 Å². The Labute approximate surface area is 118 Å². The molecule has 1 heterocycles. The lowest BCUT2D eigenvalue weighted by atomic mass is 10.0. The lowest BCUT2D eigenvalue weighted by Crippen LogP contribution is -2.44. The van der Waals surface area contributed by atoms with Crippen molar-refractivity contribution >= 4 is 17.2 Å². The summed E-state index contributed by atoms with van der Waals surface area (Å²) in [5.41, 5.74) is 7.32. The van der Waals surface area contributed by atoms with Crippen LogP contribution in [-0.4, -0.2) is 35.7 Å². The average Bonchev–Trinajstić information content (AvgIpc) is 2.39.